The maximum atomic E-state index is 13.8. The lowest BCUT2D eigenvalue weighted by molar-refractivity contribution is -0.228. The summed E-state index contributed by atoms with van der Waals surface area (Å²) in [5, 5.41) is 21.8. The van der Waals surface area contributed by atoms with Gasteiger partial charge in [-0.2, -0.15) is 5.11 Å². The molecule has 10 heteroatoms. The molecule has 1 aliphatic carbocycles. The number of azo groups is 1. The number of likely N-dealkylation sites (N-methyl/N-ethyl adjacent to an activating group) is 1. The Morgan fingerprint density at radius 2 is 1.88 bits per heavy atom. The van der Waals surface area contributed by atoms with Gasteiger partial charge in [0.05, 0.1) is 25.9 Å². The maximum absolute atomic E-state index is 13.8. The Morgan fingerprint density at radius 1 is 1.12 bits per heavy atom. The summed E-state index contributed by atoms with van der Waals surface area (Å²) in [6, 6.07) is 12.4. The molecule has 2 fully saturated rings. The van der Waals surface area contributed by atoms with Crippen LogP contribution < -0.4 is 9.64 Å². The second-order valence-corrected chi connectivity index (χ2v) is 11.5. The third-order valence-corrected chi connectivity index (χ3v) is 9.74. The monoisotopic (exact) mass is 560 g/mol. The molecule has 6 rings (SSSR count). The molecular formula is C31H36N4O6. The van der Waals surface area contributed by atoms with E-state index < -0.39 is 40.5 Å². The Kier molecular flexibility index (Phi) is 6.46. The van der Waals surface area contributed by atoms with Gasteiger partial charge in [-0.15, -0.1) is 5.11 Å². The molecule has 1 N–H and O–H groups in total. The van der Waals surface area contributed by atoms with Gasteiger partial charge in [0.2, 0.25) is 5.60 Å². The number of carbonyl (C=O) groups is 2. The Labute approximate surface area is 239 Å². The highest BCUT2D eigenvalue weighted by molar-refractivity contribution is 5.87. The zero-order chi connectivity index (χ0) is 29.2. The molecule has 1 saturated heterocycles. The van der Waals surface area contributed by atoms with Gasteiger partial charge in [0.15, 0.2) is 6.10 Å². The lowest BCUT2D eigenvalue weighted by Gasteiger charge is -2.63. The summed E-state index contributed by atoms with van der Waals surface area (Å²) in [5.74, 6) is -0.874. The van der Waals surface area contributed by atoms with Crippen molar-refractivity contribution in [1.29, 1.82) is 0 Å². The number of aliphatic hydroxyl groups is 1. The fourth-order valence-electron chi connectivity index (χ4n) is 8.42. The minimum absolute atomic E-state index is 0.166. The summed E-state index contributed by atoms with van der Waals surface area (Å²) in [4.78, 5) is 30.7. The lowest BCUT2D eigenvalue weighted by Crippen LogP contribution is -2.81. The first-order valence-electron chi connectivity index (χ1n) is 14.0. The first-order valence-corrected chi connectivity index (χ1v) is 14.0. The van der Waals surface area contributed by atoms with Crippen LogP contribution in [-0.2, 0) is 24.5 Å². The number of rotatable bonds is 6. The van der Waals surface area contributed by atoms with Gasteiger partial charge in [0.1, 0.15) is 11.4 Å². The molecular weight excluding hydrogens is 524 g/mol. The van der Waals surface area contributed by atoms with E-state index in [9.17, 15) is 14.7 Å². The second-order valence-electron chi connectivity index (χ2n) is 11.5. The quantitative estimate of drug-likeness (QED) is 0.320. The molecule has 0 radical (unpaired) electrons. The highest BCUT2D eigenvalue weighted by Crippen LogP contribution is 2.68. The molecule has 4 aliphatic rings. The fourth-order valence-corrected chi connectivity index (χ4v) is 8.42. The molecule has 3 heterocycles. The van der Waals surface area contributed by atoms with Gasteiger partial charge in [0, 0.05) is 49.1 Å². The largest absolute Gasteiger partial charge is 0.494 e. The van der Waals surface area contributed by atoms with Crippen molar-refractivity contribution in [2.75, 3.05) is 39.3 Å². The number of esters is 2. The van der Waals surface area contributed by atoms with Crippen LogP contribution in [0, 0.1) is 5.41 Å². The number of methoxy groups -OCH3 is 2. The van der Waals surface area contributed by atoms with E-state index in [1.165, 1.54) is 14.0 Å². The van der Waals surface area contributed by atoms with Crippen LogP contribution >= 0.6 is 0 Å². The summed E-state index contributed by atoms with van der Waals surface area (Å²) in [7, 11) is 4.70. The van der Waals surface area contributed by atoms with Crippen LogP contribution in [0.5, 0.6) is 5.75 Å². The van der Waals surface area contributed by atoms with Gasteiger partial charge in [-0.05, 0) is 43.1 Å². The minimum atomic E-state index is -2.17. The van der Waals surface area contributed by atoms with E-state index in [2.05, 4.69) is 27.3 Å². The summed E-state index contributed by atoms with van der Waals surface area (Å²) in [6.45, 7) is 4.79. The van der Waals surface area contributed by atoms with Crippen molar-refractivity contribution in [1.82, 2.24) is 4.90 Å². The summed E-state index contributed by atoms with van der Waals surface area (Å²) < 4.78 is 17.0. The number of carbonyl (C=O) groups excluding carboxylic acids is 2. The van der Waals surface area contributed by atoms with Gasteiger partial charge in [0.25, 0.3) is 0 Å². The van der Waals surface area contributed by atoms with Crippen LogP contribution in [-0.4, -0.2) is 80.1 Å². The van der Waals surface area contributed by atoms with Crippen LogP contribution in [0.2, 0.25) is 0 Å². The summed E-state index contributed by atoms with van der Waals surface area (Å²) >= 11 is 0. The normalized spacial score (nSPS) is 33.3. The predicted octanol–water partition coefficient (Wildman–Crippen LogP) is 4.06. The number of anilines is 1. The van der Waals surface area contributed by atoms with E-state index >= 15 is 0 Å². The lowest BCUT2D eigenvalue weighted by atomic mass is 9.47. The highest BCUT2D eigenvalue weighted by atomic mass is 16.6. The topological polar surface area (TPSA) is 113 Å². The molecule has 6 atom stereocenters. The predicted molar refractivity (Wildman–Crippen MR) is 152 cm³/mol. The number of ether oxygens (including phenoxy) is 3. The first kappa shape index (κ1) is 27.4. The maximum Gasteiger partial charge on any atom is 0.344 e. The summed E-state index contributed by atoms with van der Waals surface area (Å²) in [6.07, 6.45) is 4.15. The van der Waals surface area contributed by atoms with E-state index in [-0.39, 0.29) is 6.04 Å². The number of fused-ring (bicyclic) bond motifs is 1. The molecule has 0 amide bonds. The van der Waals surface area contributed by atoms with Crippen molar-refractivity contribution in [2.24, 2.45) is 15.6 Å². The number of hydrogen-bond donors (Lipinski definition) is 1. The Balaban J connectivity index is 1.63. The van der Waals surface area contributed by atoms with Crippen LogP contribution in [0.4, 0.5) is 17.1 Å². The van der Waals surface area contributed by atoms with Crippen molar-refractivity contribution in [3.63, 3.8) is 0 Å². The van der Waals surface area contributed by atoms with Crippen molar-refractivity contribution in [2.45, 2.75) is 55.9 Å². The van der Waals surface area contributed by atoms with Gasteiger partial charge >= 0.3 is 11.9 Å². The molecule has 2 aromatic rings. The second kappa shape index (κ2) is 9.66. The SMILES string of the molecule is CC[C@]12C=CCN3CCC4(c5cc(N=Nc6ccccc6)c(OC)cc5N(C)[C@H]4[C@@](O)(C(=O)OC)[C@@H]1OC(C)=O)[C@@H]32. The van der Waals surface area contributed by atoms with Gasteiger partial charge in [-0.1, -0.05) is 37.3 Å². The highest BCUT2D eigenvalue weighted by Gasteiger charge is 2.80. The smallest absolute Gasteiger partial charge is 0.344 e. The van der Waals surface area contributed by atoms with Gasteiger partial charge < -0.3 is 24.2 Å². The molecule has 2 aromatic carbocycles. The van der Waals surface area contributed by atoms with Crippen molar-refractivity contribution in [3.05, 3.63) is 60.2 Å². The van der Waals surface area contributed by atoms with E-state index in [0.29, 0.717) is 30.0 Å². The molecule has 1 spiro atoms. The fraction of sp³-hybridized carbons (Fsp3) is 0.484. The van der Waals surface area contributed by atoms with Crippen LogP contribution in [0.15, 0.2) is 64.8 Å². The average Bonchev–Trinajstić information content (AvgIpc) is 3.49. The molecule has 216 valence electrons. The molecule has 0 bridgehead atoms. The van der Waals surface area contributed by atoms with Crippen LogP contribution in [0.3, 0.4) is 0 Å². The number of nitrogens with zero attached hydrogens (tertiary/aromatic N) is 4. The standard InChI is InChI=1S/C31H36N4O6/c1-6-29-13-10-15-35-16-14-30(25(29)35)21-17-22(33-32-20-11-8-7-9-12-20)24(39-4)18-23(21)34(3)26(30)31(38,28(37)40-5)27(29)41-19(2)36/h7-13,17-18,25-27,38H,6,14-16H2,1-5H3/t25-,26+,27+,29+,30?,31-/m0/s1. The molecule has 0 aromatic heterocycles. The molecule has 41 heavy (non-hydrogen) atoms. The van der Waals surface area contributed by atoms with E-state index in [4.69, 9.17) is 14.2 Å². The number of benzene rings is 2. The molecule has 1 saturated carbocycles. The Bertz CT molecular complexity index is 1450. The first-order chi connectivity index (χ1) is 19.7. The van der Waals surface area contributed by atoms with E-state index in [1.807, 2.05) is 61.3 Å². The molecule has 1 unspecified atom stereocenters. The van der Waals surface area contributed by atoms with Crippen molar-refractivity contribution in [3.8, 4) is 5.75 Å². The zero-order valence-electron chi connectivity index (χ0n) is 24.0. The van der Waals surface area contributed by atoms with E-state index in [0.717, 1.165) is 24.3 Å². The van der Waals surface area contributed by atoms with E-state index in [1.54, 1.807) is 7.11 Å². The Hall–Kier alpha value is -3.76. The zero-order valence-corrected chi connectivity index (χ0v) is 24.0. The van der Waals surface area contributed by atoms with Crippen LogP contribution in [0.25, 0.3) is 0 Å². The van der Waals surface area contributed by atoms with Crippen molar-refractivity contribution >= 4 is 29.0 Å². The Morgan fingerprint density at radius 3 is 2.54 bits per heavy atom. The third-order valence-electron chi connectivity index (χ3n) is 9.74. The van der Waals surface area contributed by atoms with Crippen molar-refractivity contribution < 1.29 is 28.9 Å². The third kappa shape index (κ3) is 3.56. The van der Waals surface area contributed by atoms with Gasteiger partial charge in [-0.25, -0.2) is 4.79 Å². The average molecular weight is 561 g/mol. The molecule has 10 nitrogen and oxygen atoms in total. The van der Waals surface area contributed by atoms with Gasteiger partial charge in [-0.3, -0.25) is 9.69 Å². The summed E-state index contributed by atoms with van der Waals surface area (Å²) in [5.41, 5.74) is -0.706. The van der Waals surface area contributed by atoms with Crippen LogP contribution in [0.1, 0.15) is 32.3 Å². The minimum Gasteiger partial charge on any atom is -0.494 e. The number of hydrogen-bond acceptors (Lipinski definition) is 10. The molecule has 3 aliphatic heterocycles.